The number of rotatable bonds is 5. The molecule has 1 aromatic heterocycles. The van der Waals surface area contributed by atoms with Crippen LogP contribution in [0.5, 0.6) is 0 Å². The highest BCUT2D eigenvalue weighted by atomic mass is 14.7. The van der Waals surface area contributed by atoms with Gasteiger partial charge in [-0.1, -0.05) is 38.8 Å². The summed E-state index contributed by atoms with van der Waals surface area (Å²) in [5.41, 5.74) is 6.53. The summed E-state index contributed by atoms with van der Waals surface area (Å²) in [6.45, 7) is 8.78. The molecule has 0 spiro atoms. The van der Waals surface area contributed by atoms with Crippen molar-refractivity contribution in [3.63, 3.8) is 0 Å². The van der Waals surface area contributed by atoms with Gasteiger partial charge in [0.15, 0.2) is 0 Å². The lowest BCUT2D eigenvalue weighted by molar-refractivity contribution is 0.920. The third kappa shape index (κ3) is 3.09. The van der Waals surface area contributed by atoms with Crippen LogP contribution in [0.3, 0.4) is 0 Å². The monoisotopic (exact) mass is 267 g/mol. The van der Waals surface area contributed by atoms with Crippen LogP contribution >= 0.6 is 0 Å². The molecule has 1 heteroatoms. The van der Waals surface area contributed by atoms with Gasteiger partial charge in [-0.3, -0.25) is 4.98 Å². The molecule has 0 unspecified atom stereocenters. The van der Waals surface area contributed by atoms with Gasteiger partial charge in [0.05, 0.1) is 5.52 Å². The van der Waals surface area contributed by atoms with Crippen LogP contribution < -0.4 is 0 Å². The number of hydrogen-bond acceptors (Lipinski definition) is 1. The molecule has 0 saturated carbocycles. The van der Waals surface area contributed by atoms with Crippen LogP contribution in [-0.2, 0) is 6.42 Å². The molecule has 2 aromatic rings. The Balaban J connectivity index is 2.57. The second-order valence-electron chi connectivity index (χ2n) is 5.58. The summed E-state index contributed by atoms with van der Waals surface area (Å²) in [5.74, 6) is 0. The van der Waals surface area contributed by atoms with Crippen molar-refractivity contribution in [3.05, 3.63) is 46.7 Å². The van der Waals surface area contributed by atoms with E-state index in [1.165, 1.54) is 40.5 Å². The maximum absolute atomic E-state index is 4.60. The van der Waals surface area contributed by atoms with E-state index in [0.717, 1.165) is 18.4 Å². The average Bonchev–Trinajstić information content (AvgIpc) is 2.45. The number of allylic oxidation sites excluding steroid dienone is 1. The number of fused-ring (bicyclic) bond motifs is 1. The first-order chi connectivity index (χ1) is 9.67. The fourth-order valence-corrected chi connectivity index (χ4v) is 2.55. The van der Waals surface area contributed by atoms with Crippen molar-refractivity contribution in [2.45, 2.75) is 53.4 Å². The van der Waals surface area contributed by atoms with E-state index in [1.54, 1.807) is 0 Å². The maximum Gasteiger partial charge on any atom is 0.0708 e. The van der Waals surface area contributed by atoms with Crippen LogP contribution in [0.2, 0.25) is 0 Å². The van der Waals surface area contributed by atoms with Gasteiger partial charge >= 0.3 is 0 Å². The zero-order valence-corrected chi connectivity index (χ0v) is 13.2. The van der Waals surface area contributed by atoms with Crippen LogP contribution in [0.1, 0.15) is 55.4 Å². The molecule has 0 amide bonds. The highest BCUT2D eigenvalue weighted by Gasteiger charge is 2.07. The molecule has 0 fully saturated rings. The minimum Gasteiger partial charge on any atom is -0.256 e. The number of pyridine rings is 1. The zero-order chi connectivity index (χ0) is 14.5. The maximum atomic E-state index is 4.60. The molecule has 2 rings (SSSR count). The standard InChI is InChI=1S/C19H25N/c1-5-7-8-10-17-11-18-15(4)14(3)13-20-19(18)12-16(17)9-6-2/h8,10-13H,5-7,9H2,1-4H3/b10-8+. The van der Waals surface area contributed by atoms with E-state index in [0.29, 0.717) is 0 Å². The lowest BCUT2D eigenvalue weighted by Crippen LogP contribution is -1.94. The fraction of sp³-hybridized carbons (Fsp3) is 0.421. The summed E-state index contributed by atoms with van der Waals surface area (Å²) in [4.78, 5) is 4.60. The third-order valence-corrected chi connectivity index (χ3v) is 3.92. The van der Waals surface area contributed by atoms with Crippen LogP contribution in [0.15, 0.2) is 24.4 Å². The van der Waals surface area contributed by atoms with Crippen LogP contribution in [0.4, 0.5) is 0 Å². The first-order valence-electron chi connectivity index (χ1n) is 7.72. The Bertz CT molecular complexity index is 623. The Morgan fingerprint density at radius 1 is 1.10 bits per heavy atom. The van der Waals surface area contributed by atoms with Crippen molar-refractivity contribution in [2.24, 2.45) is 0 Å². The van der Waals surface area contributed by atoms with E-state index >= 15 is 0 Å². The molecule has 20 heavy (non-hydrogen) atoms. The molecule has 0 radical (unpaired) electrons. The zero-order valence-electron chi connectivity index (χ0n) is 13.2. The van der Waals surface area contributed by atoms with E-state index in [-0.39, 0.29) is 0 Å². The normalized spacial score (nSPS) is 11.6. The van der Waals surface area contributed by atoms with E-state index in [2.05, 4.69) is 57.0 Å². The Labute approximate surface area is 122 Å². The van der Waals surface area contributed by atoms with Gasteiger partial charge in [0.1, 0.15) is 0 Å². The summed E-state index contributed by atoms with van der Waals surface area (Å²) in [7, 11) is 0. The first-order valence-corrected chi connectivity index (χ1v) is 7.72. The molecule has 1 aromatic carbocycles. The number of nitrogens with zero attached hydrogens (tertiary/aromatic N) is 1. The number of hydrogen-bond donors (Lipinski definition) is 0. The van der Waals surface area contributed by atoms with Crippen molar-refractivity contribution in [1.82, 2.24) is 4.98 Å². The van der Waals surface area contributed by atoms with Gasteiger partial charge < -0.3 is 0 Å². The summed E-state index contributed by atoms with van der Waals surface area (Å²) < 4.78 is 0. The third-order valence-electron chi connectivity index (χ3n) is 3.92. The summed E-state index contributed by atoms with van der Waals surface area (Å²) in [6.07, 6.45) is 11.2. The molecular weight excluding hydrogens is 242 g/mol. The van der Waals surface area contributed by atoms with E-state index in [1.807, 2.05) is 6.20 Å². The van der Waals surface area contributed by atoms with Crippen molar-refractivity contribution < 1.29 is 0 Å². The molecule has 0 aliphatic carbocycles. The van der Waals surface area contributed by atoms with Crippen LogP contribution in [0.25, 0.3) is 17.0 Å². The lowest BCUT2D eigenvalue weighted by atomic mass is 9.96. The molecule has 106 valence electrons. The fourth-order valence-electron chi connectivity index (χ4n) is 2.55. The van der Waals surface area contributed by atoms with E-state index in [9.17, 15) is 0 Å². The summed E-state index contributed by atoms with van der Waals surface area (Å²) in [5, 5.41) is 1.29. The SMILES string of the molecule is CCC/C=C/c1cc2c(C)c(C)cnc2cc1CCC. The average molecular weight is 267 g/mol. The summed E-state index contributed by atoms with van der Waals surface area (Å²) >= 11 is 0. The lowest BCUT2D eigenvalue weighted by Gasteiger charge is -2.11. The number of aryl methyl sites for hydroxylation is 3. The molecular formula is C19H25N. The van der Waals surface area contributed by atoms with Gasteiger partial charge in [-0.25, -0.2) is 0 Å². The van der Waals surface area contributed by atoms with Gasteiger partial charge in [0.2, 0.25) is 0 Å². The molecule has 1 heterocycles. The highest BCUT2D eigenvalue weighted by molar-refractivity contribution is 5.86. The number of benzene rings is 1. The Hall–Kier alpha value is -1.63. The van der Waals surface area contributed by atoms with Gasteiger partial charge in [-0.2, -0.15) is 0 Å². The van der Waals surface area contributed by atoms with Crippen molar-refractivity contribution in [1.29, 1.82) is 0 Å². The van der Waals surface area contributed by atoms with Gasteiger partial charge in [-0.15, -0.1) is 0 Å². The van der Waals surface area contributed by atoms with Crippen molar-refractivity contribution in [3.8, 4) is 0 Å². The van der Waals surface area contributed by atoms with Crippen LogP contribution in [-0.4, -0.2) is 4.98 Å². The highest BCUT2D eigenvalue weighted by Crippen LogP contribution is 2.25. The van der Waals surface area contributed by atoms with Crippen LogP contribution in [0, 0.1) is 13.8 Å². The molecule has 1 nitrogen and oxygen atoms in total. The second-order valence-corrected chi connectivity index (χ2v) is 5.58. The van der Waals surface area contributed by atoms with Crippen molar-refractivity contribution >= 4 is 17.0 Å². The minimum atomic E-state index is 1.12. The predicted octanol–water partition coefficient (Wildman–Crippen LogP) is 5.62. The number of unbranched alkanes of at least 4 members (excludes halogenated alkanes) is 1. The van der Waals surface area contributed by atoms with Gasteiger partial charge in [0.25, 0.3) is 0 Å². The van der Waals surface area contributed by atoms with Gasteiger partial charge in [0, 0.05) is 11.6 Å². The minimum absolute atomic E-state index is 1.12. The van der Waals surface area contributed by atoms with E-state index in [4.69, 9.17) is 0 Å². The molecule has 0 bridgehead atoms. The van der Waals surface area contributed by atoms with Crippen molar-refractivity contribution in [2.75, 3.05) is 0 Å². The predicted molar refractivity (Wildman–Crippen MR) is 89.2 cm³/mol. The molecule has 0 N–H and O–H groups in total. The quantitative estimate of drug-likeness (QED) is 0.685. The van der Waals surface area contributed by atoms with Gasteiger partial charge in [-0.05, 0) is 61.1 Å². The molecule has 0 saturated heterocycles. The molecule has 0 aliphatic heterocycles. The smallest absolute Gasteiger partial charge is 0.0708 e. The molecule has 0 aliphatic rings. The first kappa shape index (κ1) is 14.8. The Kier molecular flexibility index (Phi) is 4.94. The topological polar surface area (TPSA) is 12.9 Å². The summed E-state index contributed by atoms with van der Waals surface area (Å²) in [6, 6.07) is 4.60. The van der Waals surface area contributed by atoms with E-state index < -0.39 is 0 Å². The largest absolute Gasteiger partial charge is 0.256 e. The Morgan fingerprint density at radius 2 is 1.90 bits per heavy atom. The second kappa shape index (κ2) is 6.69. The Morgan fingerprint density at radius 3 is 2.60 bits per heavy atom. The molecule has 0 atom stereocenters. The number of aromatic nitrogens is 1.